The number of alkyl halides is 3. The highest BCUT2D eigenvalue weighted by atomic mass is 19.4. The molecule has 2 amide bonds. The van der Waals surface area contributed by atoms with Gasteiger partial charge in [0, 0.05) is 17.8 Å². The Bertz CT molecular complexity index is 864. The second-order valence-electron chi connectivity index (χ2n) is 6.76. The zero-order valence-electron chi connectivity index (χ0n) is 16.6. The zero-order valence-corrected chi connectivity index (χ0v) is 16.6. The standard InChI is InChI=1S/C20H23F3N2O4/c1-5-6-10-25-12(2)16(13(3)26)19(18(25)28,20(21,22)23)24-17(27)14-8-7-9-15(11-14)29-4/h7-9,11H,5-6,10H2,1-4H3,(H,24,27)/t19-/m0/s1. The first-order valence-corrected chi connectivity index (χ1v) is 9.08. The third-order valence-electron chi connectivity index (χ3n) is 4.85. The van der Waals surface area contributed by atoms with Crippen molar-refractivity contribution in [3.63, 3.8) is 0 Å². The van der Waals surface area contributed by atoms with E-state index in [4.69, 9.17) is 4.74 Å². The minimum Gasteiger partial charge on any atom is -0.497 e. The number of Topliss-reactive ketones (excluding diaryl/α,β-unsaturated/α-hetero) is 1. The molecule has 0 radical (unpaired) electrons. The van der Waals surface area contributed by atoms with Crippen molar-refractivity contribution in [2.75, 3.05) is 13.7 Å². The maximum absolute atomic E-state index is 14.3. The van der Waals surface area contributed by atoms with E-state index < -0.39 is 34.9 Å². The van der Waals surface area contributed by atoms with Gasteiger partial charge in [-0.15, -0.1) is 0 Å². The van der Waals surface area contributed by atoms with Gasteiger partial charge in [0.1, 0.15) is 5.75 Å². The molecule has 1 atom stereocenters. The quantitative estimate of drug-likeness (QED) is 0.746. The molecule has 0 fully saturated rings. The molecule has 0 aliphatic carbocycles. The van der Waals surface area contributed by atoms with Gasteiger partial charge >= 0.3 is 6.18 Å². The number of amides is 2. The lowest BCUT2D eigenvalue weighted by atomic mass is 9.86. The largest absolute Gasteiger partial charge is 0.497 e. The van der Waals surface area contributed by atoms with Crippen LogP contribution < -0.4 is 10.1 Å². The maximum atomic E-state index is 14.3. The number of allylic oxidation sites excluding steroid dienone is 1. The SMILES string of the molecule is CCCCN1C(=O)[C@](NC(=O)c2cccc(OC)c2)(C(F)(F)F)C(C(C)=O)=C1C. The van der Waals surface area contributed by atoms with Gasteiger partial charge in [0.25, 0.3) is 11.8 Å². The molecule has 1 aromatic rings. The van der Waals surface area contributed by atoms with Gasteiger partial charge in [-0.1, -0.05) is 19.4 Å². The number of carbonyl (C=O) groups is 3. The lowest BCUT2D eigenvalue weighted by Crippen LogP contribution is -2.66. The molecule has 0 saturated heterocycles. The molecule has 6 nitrogen and oxygen atoms in total. The van der Waals surface area contributed by atoms with Crippen LogP contribution in [-0.2, 0) is 9.59 Å². The van der Waals surface area contributed by atoms with Crippen LogP contribution in [0.3, 0.4) is 0 Å². The average molecular weight is 412 g/mol. The summed E-state index contributed by atoms with van der Waals surface area (Å²) in [4.78, 5) is 38.8. The average Bonchev–Trinajstić information content (AvgIpc) is 2.87. The van der Waals surface area contributed by atoms with E-state index >= 15 is 0 Å². The van der Waals surface area contributed by atoms with Crippen LogP contribution in [0.2, 0.25) is 0 Å². The van der Waals surface area contributed by atoms with Crippen molar-refractivity contribution in [1.82, 2.24) is 10.2 Å². The number of benzene rings is 1. The van der Waals surface area contributed by atoms with Crippen LogP contribution in [0.1, 0.15) is 44.0 Å². The predicted molar refractivity (Wildman–Crippen MR) is 99.2 cm³/mol. The zero-order chi connectivity index (χ0) is 22.0. The molecule has 2 rings (SSSR count). The van der Waals surface area contributed by atoms with Crippen molar-refractivity contribution in [2.24, 2.45) is 0 Å². The smallest absolute Gasteiger partial charge is 0.425 e. The molecule has 1 N–H and O–H groups in total. The Morgan fingerprint density at radius 2 is 1.93 bits per heavy atom. The number of unbranched alkanes of at least 4 members (excludes halogenated alkanes) is 1. The summed E-state index contributed by atoms with van der Waals surface area (Å²) >= 11 is 0. The summed E-state index contributed by atoms with van der Waals surface area (Å²) in [5, 5.41) is 1.83. The van der Waals surface area contributed by atoms with Crippen LogP contribution in [-0.4, -0.2) is 47.9 Å². The molecule has 9 heteroatoms. The predicted octanol–water partition coefficient (Wildman–Crippen LogP) is 3.23. The number of ketones is 1. The number of methoxy groups -OCH3 is 1. The molecular weight excluding hydrogens is 389 g/mol. The highest BCUT2D eigenvalue weighted by Crippen LogP contribution is 2.45. The van der Waals surface area contributed by atoms with E-state index in [1.54, 1.807) is 0 Å². The lowest BCUT2D eigenvalue weighted by molar-refractivity contribution is -0.190. The number of ether oxygens (including phenoxy) is 1. The van der Waals surface area contributed by atoms with Gasteiger partial charge in [0.15, 0.2) is 5.78 Å². The first-order chi connectivity index (χ1) is 13.5. The summed E-state index contributed by atoms with van der Waals surface area (Å²) in [6, 6.07) is 5.50. The van der Waals surface area contributed by atoms with E-state index in [1.165, 1.54) is 38.3 Å². The number of halogens is 3. The summed E-state index contributed by atoms with van der Waals surface area (Å²) in [6.45, 7) is 4.08. The van der Waals surface area contributed by atoms with Crippen molar-refractivity contribution >= 4 is 17.6 Å². The first-order valence-electron chi connectivity index (χ1n) is 9.08. The molecule has 158 valence electrons. The molecule has 0 unspecified atom stereocenters. The van der Waals surface area contributed by atoms with Gasteiger partial charge < -0.3 is 15.0 Å². The summed E-state index contributed by atoms with van der Waals surface area (Å²) in [5.41, 5.74) is -4.42. The maximum Gasteiger partial charge on any atom is 0.425 e. The lowest BCUT2D eigenvalue weighted by Gasteiger charge is -2.33. The van der Waals surface area contributed by atoms with Crippen LogP contribution in [0.5, 0.6) is 5.75 Å². The number of rotatable bonds is 7. The van der Waals surface area contributed by atoms with Crippen LogP contribution >= 0.6 is 0 Å². The molecule has 29 heavy (non-hydrogen) atoms. The fraction of sp³-hybridized carbons (Fsp3) is 0.450. The van der Waals surface area contributed by atoms with Crippen LogP contribution in [0.25, 0.3) is 0 Å². The normalized spacial score (nSPS) is 19.6. The molecule has 1 heterocycles. The summed E-state index contributed by atoms with van der Waals surface area (Å²) in [5.74, 6) is -3.19. The number of nitrogens with zero attached hydrogens (tertiary/aromatic N) is 1. The Kier molecular flexibility index (Phi) is 6.40. The van der Waals surface area contributed by atoms with Gasteiger partial charge in [-0.2, -0.15) is 13.2 Å². The van der Waals surface area contributed by atoms with E-state index in [0.29, 0.717) is 12.8 Å². The molecular formula is C20H23F3N2O4. The van der Waals surface area contributed by atoms with E-state index in [1.807, 2.05) is 12.2 Å². The van der Waals surface area contributed by atoms with Gasteiger partial charge in [0.05, 0.1) is 12.7 Å². The topological polar surface area (TPSA) is 75.7 Å². The summed E-state index contributed by atoms with van der Waals surface area (Å²) in [6.07, 6.45) is -4.13. The Morgan fingerprint density at radius 1 is 1.28 bits per heavy atom. The number of hydrogen-bond acceptors (Lipinski definition) is 4. The Balaban J connectivity index is 2.60. The fourth-order valence-electron chi connectivity index (χ4n) is 3.43. The molecule has 1 aliphatic rings. The molecule has 0 saturated carbocycles. The van der Waals surface area contributed by atoms with Gasteiger partial charge in [-0.3, -0.25) is 14.4 Å². The second-order valence-corrected chi connectivity index (χ2v) is 6.76. The van der Waals surface area contributed by atoms with E-state index in [2.05, 4.69) is 0 Å². The third-order valence-corrected chi connectivity index (χ3v) is 4.85. The monoisotopic (exact) mass is 412 g/mol. The molecule has 1 aromatic carbocycles. The summed E-state index contributed by atoms with van der Waals surface area (Å²) in [7, 11) is 1.35. The number of nitrogens with one attached hydrogen (secondary N) is 1. The molecule has 0 aromatic heterocycles. The second kappa shape index (κ2) is 8.26. The number of carbonyl (C=O) groups excluding carboxylic acids is 3. The molecule has 0 bridgehead atoms. The van der Waals surface area contributed by atoms with Crippen molar-refractivity contribution in [3.8, 4) is 5.75 Å². The van der Waals surface area contributed by atoms with E-state index in [0.717, 1.165) is 11.8 Å². The van der Waals surface area contributed by atoms with Crippen LogP contribution in [0.4, 0.5) is 13.2 Å². The minimum absolute atomic E-state index is 0.0187. The van der Waals surface area contributed by atoms with Crippen molar-refractivity contribution in [1.29, 1.82) is 0 Å². The van der Waals surface area contributed by atoms with E-state index in [9.17, 15) is 27.6 Å². The highest BCUT2D eigenvalue weighted by Gasteiger charge is 2.69. The Labute approximate surface area is 166 Å². The Morgan fingerprint density at radius 3 is 2.45 bits per heavy atom. The third kappa shape index (κ3) is 3.86. The first kappa shape index (κ1) is 22.4. The van der Waals surface area contributed by atoms with Crippen molar-refractivity contribution < 1.29 is 32.3 Å². The van der Waals surface area contributed by atoms with Crippen LogP contribution in [0, 0.1) is 0 Å². The van der Waals surface area contributed by atoms with Crippen molar-refractivity contribution in [3.05, 3.63) is 41.1 Å². The van der Waals surface area contributed by atoms with Gasteiger partial charge in [-0.25, -0.2) is 0 Å². The molecule has 0 spiro atoms. The molecule has 1 aliphatic heterocycles. The van der Waals surface area contributed by atoms with Gasteiger partial charge in [0.2, 0.25) is 5.54 Å². The van der Waals surface area contributed by atoms with Gasteiger partial charge in [-0.05, 0) is 38.5 Å². The Hall–Kier alpha value is -2.84. The van der Waals surface area contributed by atoms with Crippen LogP contribution in [0.15, 0.2) is 35.5 Å². The summed E-state index contributed by atoms with van der Waals surface area (Å²) < 4.78 is 47.9. The fourth-order valence-corrected chi connectivity index (χ4v) is 3.43. The minimum atomic E-state index is -5.22. The van der Waals surface area contributed by atoms with Crippen molar-refractivity contribution in [2.45, 2.75) is 45.3 Å². The highest BCUT2D eigenvalue weighted by molar-refractivity contribution is 6.13. The number of hydrogen-bond donors (Lipinski definition) is 1. The van der Waals surface area contributed by atoms with E-state index in [-0.39, 0.29) is 23.6 Å².